The number of furan rings is 1. The number of benzene rings is 1. The second-order valence-corrected chi connectivity index (χ2v) is 3.50. The number of phenols is 1. The molecule has 1 heterocycles. The van der Waals surface area contributed by atoms with E-state index in [1.807, 2.05) is 0 Å². The predicted octanol–water partition coefficient (Wildman–Crippen LogP) is 2.23. The van der Waals surface area contributed by atoms with Crippen molar-refractivity contribution in [2.24, 2.45) is 0 Å². The van der Waals surface area contributed by atoms with Crippen LogP contribution >= 0.6 is 0 Å². The van der Waals surface area contributed by atoms with Gasteiger partial charge in [-0.25, -0.2) is 0 Å². The zero-order valence-electron chi connectivity index (χ0n) is 9.97. The highest BCUT2D eigenvalue weighted by Gasteiger charge is 2.21. The van der Waals surface area contributed by atoms with Crippen molar-refractivity contribution in [3.8, 4) is 17.2 Å². The Labute approximate surface area is 104 Å². The number of ether oxygens (including phenoxy) is 2. The van der Waals surface area contributed by atoms with Crippen LogP contribution in [0.25, 0.3) is 0 Å². The van der Waals surface area contributed by atoms with E-state index in [1.54, 1.807) is 12.1 Å². The van der Waals surface area contributed by atoms with Crippen molar-refractivity contribution in [3.05, 3.63) is 41.9 Å². The lowest BCUT2D eigenvalue weighted by atomic mass is 10.1. The molecule has 1 aromatic heterocycles. The van der Waals surface area contributed by atoms with Gasteiger partial charge in [0.1, 0.15) is 0 Å². The minimum atomic E-state index is -0.418. The van der Waals surface area contributed by atoms with Crippen LogP contribution in [0, 0.1) is 0 Å². The summed E-state index contributed by atoms with van der Waals surface area (Å²) in [7, 11) is 2.84. The third-order valence-corrected chi connectivity index (χ3v) is 2.51. The summed E-state index contributed by atoms with van der Waals surface area (Å²) in [4.78, 5) is 12.0. The van der Waals surface area contributed by atoms with Gasteiger partial charge in [0.15, 0.2) is 17.3 Å². The van der Waals surface area contributed by atoms with Gasteiger partial charge in [-0.15, -0.1) is 0 Å². The molecule has 94 valence electrons. The molecule has 5 nitrogen and oxygen atoms in total. The first-order valence-electron chi connectivity index (χ1n) is 5.21. The van der Waals surface area contributed by atoms with Crippen molar-refractivity contribution >= 4 is 5.78 Å². The summed E-state index contributed by atoms with van der Waals surface area (Å²) in [6.45, 7) is 0. The van der Waals surface area contributed by atoms with Gasteiger partial charge in [-0.2, -0.15) is 0 Å². The maximum Gasteiger partial charge on any atom is 0.232 e. The van der Waals surface area contributed by atoms with Gasteiger partial charge in [0.05, 0.1) is 26.0 Å². The zero-order valence-corrected chi connectivity index (χ0v) is 9.97. The van der Waals surface area contributed by atoms with E-state index in [2.05, 4.69) is 0 Å². The number of methoxy groups -OCH3 is 2. The maximum absolute atomic E-state index is 12.0. The molecular formula is C13H12O5. The van der Waals surface area contributed by atoms with Crippen LogP contribution in [-0.4, -0.2) is 25.1 Å². The third kappa shape index (κ3) is 1.90. The number of rotatable bonds is 4. The van der Waals surface area contributed by atoms with Crippen LogP contribution in [0.1, 0.15) is 16.1 Å². The monoisotopic (exact) mass is 248 g/mol. The second-order valence-electron chi connectivity index (χ2n) is 3.50. The molecule has 0 saturated carbocycles. The van der Waals surface area contributed by atoms with Gasteiger partial charge in [0.25, 0.3) is 0 Å². The van der Waals surface area contributed by atoms with Gasteiger partial charge in [-0.1, -0.05) is 0 Å². The predicted molar refractivity (Wildman–Crippen MR) is 63.4 cm³/mol. The van der Waals surface area contributed by atoms with Crippen LogP contribution in [0.2, 0.25) is 0 Å². The van der Waals surface area contributed by atoms with E-state index in [9.17, 15) is 9.90 Å². The molecule has 2 rings (SSSR count). The van der Waals surface area contributed by atoms with E-state index in [4.69, 9.17) is 13.9 Å². The highest BCUT2D eigenvalue weighted by molar-refractivity contribution is 6.09. The molecule has 5 heteroatoms. The summed E-state index contributed by atoms with van der Waals surface area (Å²) in [5, 5.41) is 10.0. The van der Waals surface area contributed by atoms with Crippen LogP contribution in [0.4, 0.5) is 0 Å². The summed E-state index contributed by atoms with van der Waals surface area (Å²) >= 11 is 0. The Kier molecular flexibility index (Phi) is 3.23. The Morgan fingerprint density at radius 1 is 1.22 bits per heavy atom. The van der Waals surface area contributed by atoms with Crippen molar-refractivity contribution in [2.75, 3.05) is 14.2 Å². The highest BCUT2D eigenvalue weighted by Crippen LogP contribution is 2.39. The lowest BCUT2D eigenvalue weighted by molar-refractivity contribution is 0.101. The van der Waals surface area contributed by atoms with Crippen LogP contribution in [-0.2, 0) is 0 Å². The van der Waals surface area contributed by atoms with Crippen molar-refractivity contribution in [3.63, 3.8) is 0 Å². The maximum atomic E-state index is 12.0. The Balaban J connectivity index is 2.50. The second kappa shape index (κ2) is 4.83. The minimum absolute atomic E-state index is 0.0996. The average Bonchev–Trinajstić information content (AvgIpc) is 2.91. The molecule has 0 radical (unpaired) electrons. The van der Waals surface area contributed by atoms with E-state index in [0.717, 1.165) is 0 Å². The Morgan fingerprint density at radius 3 is 2.56 bits per heavy atom. The lowest BCUT2D eigenvalue weighted by Gasteiger charge is -2.11. The molecule has 18 heavy (non-hydrogen) atoms. The summed E-state index contributed by atoms with van der Waals surface area (Å²) in [5.74, 6) is -0.0601. The molecule has 0 bridgehead atoms. The van der Waals surface area contributed by atoms with Crippen LogP contribution in [0.15, 0.2) is 34.9 Å². The SMILES string of the molecule is COc1ccc(C(=O)c2ccco2)c(O)c1OC. The van der Waals surface area contributed by atoms with Crippen LogP contribution in [0.3, 0.4) is 0 Å². The molecule has 0 saturated heterocycles. The first-order valence-corrected chi connectivity index (χ1v) is 5.21. The summed E-state index contributed by atoms with van der Waals surface area (Å²) in [6, 6.07) is 6.14. The van der Waals surface area contributed by atoms with Crippen LogP contribution in [0.5, 0.6) is 17.2 Å². The first kappa shape index (κ1) is 12.0. The van der Waals surface area contributed by atoms with Crippen molar-refractivity contribution in [2.45, 2.75) is 0 Å². The number of hydrogen-bond donors (Lipinski definition) is 1. The van der Waals surface area contributed by atoms with E-state index in [-0.39, 0.29) is 22.8 Å². The Bertz CT molecular complexity index is 557. The Morgan fingerprint density at radius 2 is 2.00 bits per heavy atom. The van der Waals surface area contributed by atoms with Crippen molar-refractivity contribution in [1.29, 1.82) is 0 Å². The number of ketones is 1. The van der Waals surface area contributed by atoms with Crippen LogP contribution < -0.4 is 9.47 Å². The molecule has 0 fully saturated rings. The van der Waals surface area contributed by atoms with Gasteiger partial charge in [-0.05, 0) is 24.3 Å². The fourth-order valence-electron chi connectivity index (χ4n) is 1.63. The number of phenolic OH excluding ortho intramolecular Hbond substituents is 1. The lowest BCUT2D eigenvalue weighted by Crippen LogP contribution is -2.02. The smallest absolute Gasteiger partial charge is 0.232 e. The molecule has 2 aromatic rings. The van der Waals surface area contributed by atoms with E-state index >= 15 is 0 Å². The quantitative estimate of drug-likeness (QED) is 0.840. The molecule has 0 spiro atoms. The Hall–Kier alpha value is -2.43. The number of carbonyl (C=O) groups is 1. The molecule has 0 atom stereocenters. The largest absolute Gasteiger partial charge is 0.504 e. The van der Waals surface area contributed by atoms with Crippen molar-refractivity contribution < 1.29 is 23.8 Å². The third-order valence-electron chi connectivity index (χ3n) is 2.51. The number of carbonyl (C=O) groups excluding carboxylic acids is 1. The summed E-state index contributed by atoms with van der Waals surface area (Å²) in [6.07, 6.45) is 1.39. The first-order chi connectivity index (χ1) is 8.69. The topological polar surface area (TPSA) is 68.9 Å². The number of aromatic hydroxyl groups is 1. The standard InChI is InChI=1S/C13H12O5/c1-16-10-6-5-8(12(15)13(10)17-2)11(14)9-4-3-7-18-9/h3-7,15H,1-2H3. The molecule has 0 aliphatic heterocycles. The molecule has 0 aliphatic carbocycles. The van der Waals surface area contributed by atoms with E-state index in [1.165, 1.54) is 32.6 Å². The summed E-state index contributed by atoms with van der Waals surface area (Å²) < 4.78 is 15.0. The van der Waals surface area contributed by atoms with Gasteiger partial charge in [0, 0.05) is 0 Å². The zero-order chi connectivity index (χ0) is 13.1. The van der Waals surface area contributed by atoms with Gasteiger partial charge in [0.2, 0.25) is 11.5 Å². The van der Waals surface area contributed by atoms with Gasteiger partial charge < -0.3 is 19.0 Å². The number of hydrogen-bond acceptors (Lipinski definition) is 5. The molecule has 0 amide bonds. The molecule has 0 unspecified atom stereocenters. The van der Waals surface area contributed by atoms with Crippen molar-refractivity contribution in [1.82, 2.24) is 0 Å². The summed E-state index contributed by atoms with van der Waals surface area (Å²) in [5.41, 5.74) is 0.0996. The normalized spacial score (nSPS) is 10.1. The fourth-order valence-corrected chi connectivity index (χ4v) is 1.63. The minimum Gasteiger partial charge on any atom is -0.504 e. The molecular weight excluding hydrogens is 236 g/mol. The molecule has 1 aromatic carbocycles. The molecule has 1 N–H and O–H groups in total. The molecule has 0 aliphatic rings. The fraction of sp³-hybridized carbons (Fsp3) is 0.154. The van der Waals surface area contributed by atoms with Gasteiger partial charge in [-0.3, -0.25) is 4.79 Å². The van der Waals surface area contributed by atoms with E-state index in [0.29, 0.717) is 5.75 Å². The highest BCUT2D eigenvalue weighted by atomic mass is 16.5. The van der Waals surface area contributed by atoms with E-state index < -0.39 is 5.78 Å². The average molecular weight is 248 g/mol. The van der Waals surface area contributed by atoms with Gasteiger partial charge >= 0.3 is 0 Å².